The molecule has 0 bridgehead atoms. The Morgan fingerprint density at radius 2 is 1.72 bits per heavy atom. The van der Waals surface area contributed by atoms with Crippen molar-refractivity contribution in [2.24, 2.45) is 7.05 Å². The number of pyridine rings is 1. The number of amides is 2. The number of carbonyl (C=O) groups excluding carboxylic acids is 2. The molecule has 10 heteroatoms. The second-order valence-electron chi connectivity index (χ2n) is 15.1. The van der Waals surface area contributed by atoms with E-state index < -0.39 is 11.2 Å². The molecule has 1 aliphatic carbocycles. The average molecular weight is 643 g/mol. The number of fused-ring (bicyclic) bond motifs is 4. The number of likely N-dealkylation sites (tertiary alicyclic amines) is 1. The maximum Gasteiger partial charge on any atom is 0.410 e. The molecule has 1 saturated heterocycles. The summed E-state index contributed by atoms with van der Waals surface area (Å²) in [6, 6.07) is 10.7. The van der Waals surface area contributed by atoms with E-state index in [1.165, 1.54) is 22.2 Å². The number of hydrogen-bond donors (Lipinski definition) is 2. The molecular formula is C37H50N6O4. The predicted octanol–water partition coefficient (Wildman–Crippen LogP) is 8.03. The maximum absolute atomic E-state index is 13.0. The first kappa shape index (κ1) is 32.7. The molecule has 4 aromatic rings. The van der Waals surface area contributed by atoms with E-state index in [1.54, 1.807) is 0 Å². The van der Waals surface area contributed by atoms with Gasteiger partial charge in [0.25, 0.3) is 0 Å². The third-order valence-corrected chi connectivity index (χ3v) is 9.41. The lowest BCUT2D eigenvalue weighted by Gasteiger charge is -2.35. The summed E-state index contributed by atoms with van der Waals surface area (Å²) in [4.78, 5) is 37.8. The van der Waals surface area contributed by atoms with Crippen LogP contribution in [0.4, 0.5) is 21.1 Å². The van der Waals surface area contributed by atoms with E-state index in [0.29, 0.717) is 25.6 Å². The fourth-order valence-electron chi connectivity index (χ4n) is 7.21. The van der Waals surface area contributed by atoms with Crippen LogP contribution in [0.15, 0.2) is 36.5 Å². The van der Waals surface area contributed by atoms with E-state index >= 15 is 0 Å². The quantitative estimate of drug-likeness (QED) is 0.228. The highest BCUT2D eigenvalue weighted by molar-refractivity contribution is 5.89. The van der Waals surface area contributed by atoms with E-state index in [4.69, 9.17) is 14.5 Å². The normalized spacial score (nSPS) is 17.5. The number of ether oxygens (including phenoxy) is 2. The zero-order valence-corrected chi connectivity index (χ0v) is 29.2. The first-order chi connectivity index (χ1) is 22.2. The molecule has 252 valence electrons. The summed E-state index contributed by atoms with van der Waals surface area (Å²) in [5.74, 6) is 1.16. The highest BCUT2D eigenvalue weighted by Gasteiger charge is 2.33. The van der Waals surface area contributed by atoms with E-state index in [1.807, 2.05) is 64.3 Å². The Kier molecular flexibility index (Phi) is 8.65. The number of benzene rings is 1. The summed E-state index contributed by atoms with van der Waals surface area (Å²) in [6.07, 6.45) is 6.02. The lowest BCUT2D eigenvalue weighted by atomic mass is 9.89. The standard InChI is InChI=1S/C37H50N6O4/c1-9-43(35(45)47-37(5,6)7)25-11-14-31-28(21-25)26-12-15-32(40-33(26)41(31)8)39-24-10-13-30-27(20-24)29(22-38-30)23-16-18-42(19-17-23)34(44)46-36(2,3)4/h10,12-13,15,20,22-23,25,38H,9,11,14,16-19,21H2,1-8H3,(H,39,40). The van der Waals surface area contributed by atoms with Crippen molar-refractivity contribution in [1.29, 1.82) is 0 Å². The van der Waals surface area contributed by atoms with Crippen LogP contribution in [0.2, 0.25) is 0 Å². The summed E-state index contributed by atoms with van der Waals surface area (Å²) >= 11 is 0. The minimum absolute atomic E-state index is 0.0950. The van der Waals surface area contributed by atoms with Gasteiger partial charge in [-0.05, 0) is 128 Å². The topological polar surface area (TPSA) is 105 Å². The van der Waals surface area contributed by atoms with Gasteiger partial charge in [0.05, 0.1) is 0 Å². The molecule has 2 amide bonds. The molecule has 0 saturated carbocycles. The molecule has 1 atom stereocenters. The molecule has 47 heavy (non-hydrogen) atoms. The SMILES string of the molecule is CCN(C(=O)OC(C)(C)C)C1CCc2c(c3ccc(Nc4ccc5[nH]cc(C6CCN(C(=O)OC(C)(C)C)CC6)c5c4)nc3n2C)C1. The molecule has 1 fully saturated rings. The Morgan fingerprint density at radius 3 is 2.40 bits per heavy atom. The van der Waals surface area contributed by atoms with Crippen molar-refractivity contribution in [3.05, 3.63) is 53.3 Å². The molecule has 2 N–H and O–H groups in total. The minimum atomic E-state index is -0.522. The van der Waals surface area contributed by atoms with Gasteiger partial charge in [0.2, 0.25) is 0 Å². The number of aromatic nitrogens is 3. The lowest BCUT2D eigenvalue weighted by molar-refractivity contribution is 0.0157. The van der Waals surface area contributed by atoms with Crippen LogP contribution < -0.4 is 5.32 Å². The zero-order chi connectivity index (χ0) is 33.7. The number of likely N-dealkylation sites (N-methyl/N-ethyl adjacent to an activating group) is 1. The van der Waals surface area contributed by atoms with Crippen molar-refractivity contribution in [2.75, 3.05) is 25.0 Å². The molecule has 0 spiro atoms. The highest BCUT2D eigenvalue weighted by atomic mass is 16.6. The smallest absolute Gasteiger partial charge is 0.410 e. The fourth-order valence-corrected chi connectivity index (χ4v) is 7.21. The number of nitrogens with zero attached hydrogens (tertiary/aromatic N) is 4. The number of anilines is 2. The first-order valence-electron chi connectivity index (χ1n) is 17.0. The van der Waals surface area contributed by atoms with Gasteiger partial charge in [-0.2, -0.15) is 0 Å². The van der Waals surface area contributed by atoms with Crippen LogP contribution in [0.1, 0.15) is 90.5 Å². The van der Waals surface area contributed by atoms with Gasteiger partial charge in [-0.3, -0.25) is 0 Å². The molecule has 1 unspecified atom stereocenters. The Bertz CT molecular complexity index is 1780. The van der Waals surface area contributed by atoms with Crippen molar-refractivity contribution in [3.8, 4) is 0 Å². The summed E-state index contributed by atoms with van der Waals surface area (Å²) in [7, 11) is 2.09. The van der Waals surface area contributed by atoms with Crippen molar-refractivity contribution in [1.82, 2.24) is 24.3 Å². The monoisotopic (exact) mass is 642 g/mol. The van der Waals surface area contributed by atoms with Gasteiger partial charge in [0, 0.05) is 66.6 Å². The Balaban J connectivity index is 1.18. The molecule has 10 nitrogen and oxygen atoms in total. The summed E-state index contributed by atoms with van der Waals surface area (Å²) in [5.41, 5.74) is 5.86. The van der Waals surface area contributed by atoms with Gasteiger partial charge in [-0.15, -0.1) is 0 Å². The van der Waals surface area contributed by atoms with E-state index in [9.17, 15) is 9.59 Å². The molecule has 1 aliphatic heterocycles. The number of piperidine rings is 1. The number of H-pyrrole nitrogens is 1. The molecule has 1 aromatic carbocycles. The third-order valence-electron chi connectivity index (χ3n) is 9.41. The van der Waals surface area contributed by atoms with Gasteiger partial charge in [0.1, 0.15) is 22.7 Å². The maximum atomic E-state index is 13.0. The van der Waals surface area contributed by atoms with Crippen LogP contribution in [0.3, 0.4) is 0 Å². The summed E-state index contributed by atoms with van der Waals surface area (Å²) in [5, 5.41) is 5.89. The van der Waals surface area contributed by atoms with E-state index in [0.717, 1.165) is 60.2 Å². The van der Waals surface area contributed by atoms with E-state index in [2.05, 4.69) is 52.4 Å². The van der Waals surface area contributed by atoms with Crippen LogP contribution in [-0.2, 0) is 29.4 Å². The minimum Gasteiger partial charge on any atom is -0.444 e. The number of nitrogens with one attached hydrogen (secondary N) is 2. The molecule has 3 aromatic heterocycles. The van der Waals surface area contributed by atoms with Crippen LogP contribution in [0.5, 0.6) is 0 Å². The van der Waals surface area contributed by atoms with Crippen LogP contribution in [0, 0.1) is 0 Å². The van der Waals surface area contributed by atoms with E-state index in [-0.39, 0.29) is 18.2 Å². The lowest BCUT2D eigenvalue weighted by Crippen LogP contribution is -2.45. The van der Waals surface area contributed by atoms with Gasteiger partial charge < -0.3 is 34.1 Å². The second-order valence-corrected chi connectivity index (χ2v) is 15.1. The van der Waals surface area contributed by atoms with Crippen molar-refractivity contribution in [2.45, 2.75) is 104 Å². The molecule has 4 heterocycles. The molecular weight excluding hydrogens is 592 g/mol. The first-order valence-corrected chi connectivity index (χ1v) is 17.0. The average Bonchev–Trinajstić information content (AvgIpc) is 3.54. The fraction of sp³-hybridized carbons (Fsp3) is 0.541. The van der Waals surface area contributed by atoms with Crippen molar-refractivity contribution >= 4 is 45.6 Å². The number of aryl methyl sites for hydroxylation is 1. The van der Waals surface area contributed by atoms with Gasteiger partial charge >= 0.3 is 12.2 Å². The van der Waals surface area contributed by atoms with Crippen LogP contribution >= 0.6 is 0 Å². The number of hydrogen-bond acceptors (Lipinski definition) is 6. The van der Waals surface area contributed by atoms with Crippen LogP contribution in [-0.4, -0.2) is 73.4 Å². The summed E-state index contributed by atoms with van der Waals surface area (Å²) in [6.45, 7) is 15.5. The molecule has 2 aliphatic rings. The van der Waals surface area contributed by atoms with Crippen LogP contribution in [0.25, 0.3) is 21.9 Å². The highest BCUT2D eigenvalue weighted by Crippen LogP contribution is 2.37. The number of aromatic amines is 1. The Hall–Kier alpha value is -4.21. The zero-order valence-electron chi connectivity index (χ0n) is 29.2. The third kappa shape index (κ3) is 6.92. The number of carbonyl (C=O) groups is 2. The molecule has 6 rings (SSSR count). The van der Waals surface area contributed by atoms with Crippen molar-refractivity contribution in [3.63, 3.8) is 0 Å². The number of rotatable bonds is 5. The van der Waals surface area contributed by atoms with Gasteiger partial charge in [0.15, 0.2) is 0 Å². The predicted molar refractivity (Wildman–Crippen MR) is 187 cm³/mol. The van der Waals surface area contributed by atoms with Crippen molar-refractivity contribution < 1.29 is 19.1 Å². The Labute approximate surface area is 277 Å². The largest absolute Gasteiger partial charge is 0.444 e. The van der Waals surface area contributed by atoms with Gasteiger partial charge in [-0.25, -0.2) is 14.6 Å². The summed E-state index contributed by atoms with van der Waals surface area (Å²) < 4.78 is 13.5. The Morgan fingerprint density at radius 1 is 1.00 bits per heavy atom. The van der Waals surface area contributed by atoms with Gasteiger partial charge in [-0.1, -0.05) is 0 Å². The molecule has 0 radical (unpaired) electrons. The second kappa shape index (κ2) is 12.4.